The van der Waals surface area contributed by atoms with E-state index in [0.717, 1.165) is 38.8 Å². The first-order valence-electron chi connectivity index (χ1n) is 13.0. The second kappa shape index (κ2) is 12.9. The molecule has 202 valence electrons. The fourth-order valence-corrected chi connectivity index (χ4v) is 4.58. The van der Waals surface area contributed by atoms with Gasteiger partial charge in [-0.1, -0.05) is 0 Å². The molecule has 0 bridgehead atoms. The summed E-state index contributed by atoms with van der Waals surface area (Å²) in [5.74, 6) is 0.872. The van der Waals surface area contributed by atoms with E-state index in [1.165, 1.54) is 0 Å². The van der Waals surface area contributed by atoms with E-state index in [1.54, 1.807) is 67.7 Å². The normalized spacial score (nSPS) is 18.1. The maximum atomic E-state index is 13.5. The second-order valence-electron chi connectivity index (χ2n) is 9.37. The SMILES string of the molecule is COc1ccc(NC(=N[C@H]2CCCCN(CC(=O)N3CCCC3)C2=O)NC(=O)c2ccc(OC)cc2)cc1. The molecule has 2 N–H and O–H groups in total. The topological polar surface area (TPSA) is 113 Å². The Morgan fingerprint density at radius 3 is 2.13 bits per heavy atom. The lowest BCUT2D eigenvalue weighted by molar-refractivity contribution is -0.140. The van der Waals surface area contributed by atoms with E-state index in [4.69, 9.17) is 9.47 Å². The number of likely N-dealkylation sites (tertiary alicyclic amines) is 2. The maximum absolute atomic E-state index is 13.5. The summed E-state index contributed by atoms with van der Waals surface area (Å²) in [4.78, 5) is 47.4. The van der Waals surface area contributed by atoms with Crippen molar-refractivity contribution in [3.63, 3.8) is 0 Å². The zero-order valence-corrected chi connectivity index (χ0v) is 21.9. The molecule has 0 saturated carbocycles. The zero-order valence-electron chi connectivity index (χ0n) is 21.9. The number of nitrogens with zero attached hydrogens (tertiary/aromatic N) is 3. The van der Waals surface area contributed by atoms with Crippen LogP contribution in [0, 0.1) is 0 Å². The number of hydrogen-bond acceptors (Lipinski definition) is 6. The number of benzene rings is 2. The number of carbonyl (C=O) groups is 3. The maximum Gasteiger partial charge on any atom is 0.257 e. The van der Waals surface area contributed by atoms with E-state index in [9.17, 15) is 14.4 Å². The molecule has 2 aliphatic rings. The number of hydrogen-bond donors (Lipinski definition) is 2. The molecule has 0 aliphatic carbocycles. The van der Waals surface area contributed by atoms with Crippen LogP contribution in [0.1, 0.15) is 42.5 Å². The summed E-state index contributed by atoms with van der Waals surface area (Å²) >= 11 is 0. The number of ether oxygens (including phenoxy) is 2. The highest BCUT2D eigenvalue weighted by atomic mass is 16.5. The molecule has 2 aliphatic heterocycles. The van der Waals surface area contributed by atoms with Gasteiger partial charge in [-0.15, -0.1) is 0 Å². The number of nitrogens with one attached hydrogen (secondary N) is 2. The quantitative estimate of drug-likeness (QED) is 0.428. The lowest BCUT2D eigenvalue weighted by Gasteiger charge is -2.25. The van der Waals surface area contributed by atoms with Crippen LogP contribution in [-0.4, -0.2) is 79.9 Å². The first kappa shape index (κ1) is 27.0. The molecule has 0 radical (unpaired) electrons. The zero-order chi connectivity index (χ0) is 26.9. The first-order chi connectivity index (χ1) is 18.5. The van der Waals surface area contributed by atoms with Gasteiger partial charge in [-0.2, -0.15) is 0 Å². The Kier molecular flexibility index (Phi) is 9.18. The molecule has 2 aromatic carbocycles. The van der Waals surface area contributed by atoms with Crippen LogP contribution in [0.3, 0.4) is 0 Å². The third-order valence-electron chi connectivity index (χ3n) is 6.76. The van der Waals surface area contributed by atoms with Gasteiger partial charge in [0.15, 0.2) is 0 Å². The van der Waals surface area contributed by atoms with E-state index in [-0.39, 0.29) is 30.2 Å². The molecule has 2 aromatic rings. The highest BCUT2D eigenvalue weighted by molar-refractivity contribution is 6.10. The van der Waals surface area contributed by atoms with Crippen LogP contribution in [-0.2, 0) is 9.59 Å². The standard InChI is InChI=1S/C28H35N5O5/c1-37-22-12-8-20(9-13-22)26(35)31-28(29-21-10-14-23(38-2)15-11-21)30-24-7-3-4-18-33(27(24)36)19-25(34)32-16-5-6-17-32/h8-15,24H,3-7,16-19H2,1-2H3,(H2,29,30,31,35)/t24-/m0/s1. The van der Waals surface area contributed by atoms with Gasteiger partial charge in [0.25, 0.3) is 5.91 Å². The van der Waals surface area contributed by atoms with Gasteiger partial charge in [0.05, 0.1) is 20.8 Å². The summed E-state index contributed by atoms with van der Waals surface area (Å²) in [5, 5.41) is 5.95. The third-order valence-corrected chi connectivity index (χ3v) is 6.76. The van der Waals surface area contributed by atoms with Gasteiger partial charge < -0.3 is 24.6 Å². The van der Waals surface area contributed by atoms with Gasteiger partial charge in [-0.25, -0.2) is 4.99 Å². The van der Waals surface area contributed by atoms with E-state index in [2.05, 4.69) is 15.6 Å². The number of carbonyl (C=O) groups excluding carboxylic acids is 3. The Labute approximate surface area is 223 Å². The van der Waals surface area contributed by atoms with E-state index in [0.29, 0.717) is 35.7 Å². The van der Waals surface area contributed by atoms with Gasteiger partial charge in [-0.3, -0.25) is 19.7 Å². The Morgan fingerprint density at radius 1 is 0.895 bits per heavy atom. The molecule has 2 fully saturated rings. The summed E-state index contributed by atoms with van der Waals surface area (Å²) in [7, 11) is 3.15. The molecule has 0 spiro atoms. The first-order valence-corrected chi connectivity index (χ1v) is 13.0. The van der Waals surface area contributed by atoms with Crippen LogP contribution in [0.15, 0.2) is 53.5 Å². The second-order valence-corrected chi connectivity index (χ2v) is 9.37. The minimum atomic E-state index is -0.721. The summed E-state index contributed by atoms with van der Waals surface area (Å²) in [6.07, 6.45) is 4.11. The molecule has 0 unspecified atom stereocenters. The molecule has 2 heterocycles. The fourth-order valence-electron chi connectivity index (χ4n) is 4.58. The minimum Gasteiger partial charge on any atom is -0.497 e. The van der Waals surface area contributed by atoms with Gasteiger partial charge in [0.2, 0.25) is 17.8 Å². The molecular formula is C28H35N5O5. The molecule has 0 aromatic heterocycles. The van der Waals surface area contributed by atoms with Crippen molar-refractivity contribution in [3.8, 4) is 11.5 Å². The van der Waals surface area contributed by atoms with Crippen LogP contribution >= 0.6 is 0 Å². The van der Waals surface area contributed by atoms with Crippen LogP contribution in [0.25, 0.3) is 0 Å². The van der Waals surface area contributed by atoms with E-state index >= 15 is 0 Å². The lowest BCUT2D eigenvalue weighted by Crippen LogP contribution is -2.45. The number of guanidine groups is 1. The average molecular weight is 522 g/mol. The number of rotatable bonds is 7. The Hall–Kier alpha value is -4.08. The molecule has 10 heteroatoms. The van der Waals surface area contributed by atoms with Crippen LogP contribution < -0.4 is 20.1 Å². The molecule has 10 nitrogen and oxygen atoms in total. The van der Waals surface area contributed by atoms with Gasteiger partial charge >= 0.3 is 0 Å². The van der Waals surface area contributed by atoms with E-state index < -0.39 is 6.04 Å². The smallest absolute Gasteiger partial charge is 0.257 e. The largest absolute Gasteiger partial charge is 0.497 e. The average Bonchev–Trinajstić information content (AvgIpc) is 3.44. The van der Waals surface area contributed by atoms with Crippen molar-refractivity contribution in [2.45, 2.75) is 38.1 Å². The van der Waals surface area contributed by atoms with Crippen molar-refractivity contribution in [2.24, 2.45) is 4.99 Å². The third kappa shape index (κ3) is 7.02. The van der Waals surface area contributed by atoms with Crippen molar-refractivity contribution >= 4 is 29.4 Å². The van der Waals surface area contributed by atoms with Crippen molar-refractivity contribution in [2.75, 3.05) is 45.7 Å². The van der Waals surface area contributed by atoms with E-state index in [1.807, 2.05) is 4.90 Å². The minimum absolute atomic E-state index is 0.0233. The van der Waals surface area contributed by atoms with Crippen molar-refractivity contribution in [1.82, 2.24) is 15.1 Å². The Bertz CT molecular complexity index is 1140. The van der Waals surface area contributed by atoms with Crippen LogP contribution in [0.5, 0.6) is 11.5 Å². The molecule has 2 saturated heterocycles. The number of anilines is 1. The Morgan fingerprint density at radius 2 is 1.50 bits per heavy atom. The van der Waals surface area contributed by atoms with Crippen molar-refractivity contribution in [3.05, 3.63) is 54.1 Å². The van der Waals surface area contributed by atoms with Crippen molar-refractivity contribution in [1.29, 1.82) is 0 Å². The summed E-state index contributed by atoms with van der Waals surface area (Å²) in [5.41, 5.74) is 1.08. The van der Waals surface area contributed by atoms with Gasteiger partial charge in [0, 0.05) is 30.9 Å². The number of aliphatic imine (C=N–C) groups is 1. The van der Waals surface area contributed by atoms with Crippen molar-refractivity contribution < 1.29 is 23.9 Å². The fraction of sp³-hybridized carbons (Fsp3) is 0.429. The van der Waals surface area contributed by atoms with Gasteiger partial charge in [-0.05, 0) is 80.6 Å². The molecule has 1 atom stereocenters. The molecule has 4 rings (SSSR count). The Balaban J connectivity index is 1.54. The number of amides is 3. The highest BCUT2D eigenvalue weighted by Gasteiger charge is 2.30. The van der Waals surface area contributed by atoms with Crippen LogP contribution in [0.4, 0.5) is 5.69 Å². The molecule has 3 amide bonds. The number of methoxy groups -OCH3 is 2. The lowest BCUT2D eigenvalue weighted by atomic mass is 10.1. The predicted octanol–water partition coefficient (Wildman–Crippen LogP) is 2.91. The summed E-state index contributed by atoms with van der Waals surface area (Å²) in [6, 6.07) is 13.2. The summed E-state index contributed by atoms with van der Waals surface area (Å²) in [6.45, 7) is 2.07. The van der Waals surface area contributed by atoms with Gasteiger partial charge in [0.1, 0.15) is 17.5 Å². The molecule has 38 heavy (non-hydrogen) atoms. The molecular weight excluding hydrogens is 486 g/mol. The highest BCUT2D eigenvalue weighted by Crippen LogP contribution is 2.19. The monoisotopic (exact) mass is 521 g/mol. The summed E-state index contributed by atoms with van der Waals surface area (Å²) < 4.78 is 10.4. The van der Waals surface area contributed by atoms with Crippen LogP contribution in [0.2, 0.25) is 0 Å². The predicted molar refractivity (Wildman–Crippen MR) is 145 cm³/mol.